The highest BCUT2D eigenvalue weighted by Gasteiger charge is 2.25. The van der Waals surface area contributed by atoms with Crippen LogP contribution in [-0.2, 0) is 23.9 Å². The number of carbonyl (C=O) groups excluding carboxylic acids is 4. The fourth-order valence-electron chi connectivity index (χ4n) is 2.06. The highest BCUT2D eigenvalue weighted by Crippen LogP contribution is 2.09. The van der Waals surface area contributed by atoms with Crippen LogP contribution in [0.15, 0.2) is 0 Å². The zero-order valence-electron chi connectivity index (χ0n) is 18.8. The minimum absolute atomic E-state index is 0.0200. The molecule has 0 spiro atoms. The van der Waals surface area contributed by atoms with Gasteiger partial charge in [-0.25, -0.2) is 9.59 Å². The van der Waals surface area contributed by atoms with Crippen LogP contribution in [0.4, 0.5) is 9.59 Å². The number of carboxylic acids is 1. The zero-order valence-corrected chi connectivity index (χ0v) is 18.8. The Balaban J connectivity index is 4.80. The van der Waals surface area contributed by atoms with E-state index < -0.39 is 54.7 Å². The molecule has 4 amide bonds. The Morgan fingerprint density at radius 2 is 1.74 bits per heavy atom. The fraction of sp³-hybridized carbons (Fsp3) is 0.737. The van der Waals surface area contributed by atoms with Crippen LogP contribution < -0.4 is 16.0 Å². The summed E-state index contributed by atoms with van der Waals surface area (Å²) in [5.41, 5.74) is -0.803. The van der Waals surface area contributed by atoms with Crippen molar-refractivity contribution >= 4 is 30.0 Å². The Labute approximate surface area is 182 Å². The van der Waals surface area contributed by atoms with Gasteiger partial charge in [0.2, 0.25) is 11.8 Å². The molecule has 0 unspecified atom stereocenters. The number of nitrogens with zero attached hydrogens (tertiary/aromatic N) is 1. The van der Waals surface area contributed by atoms with Crippen molar-refractivity contribution in [1.82, 2.24) is 20.9 Å². The SMILES string of the molecule is CCCCOC(=O)NCCN(CC(=O)N[C@@H](C)C(=O)NCC(=O)O)C(=O)OC(C)(C)C. The molecule has 0 rings (SSSR count). The van der Waals surface area contributed by atoms with Gasteiger partial charge in [-0.15, -0.1) is 0 Å². The summed E-state index contributed by atoms with van der Waals surface area (Å²) in [7, 11) is 0. The van der Waals surface area contributed by atoms with Crippen LogP contribution >= 0.6 is 0 Å². The summed E-state index contributed by atoms with van der Waals surface area (Å²) in [5, 5.41) is 15.6. The van der Waals surface area contributed by atoms with Gasteiger partial charge in [-0.1, -0.05) is 13.3 Å². The molecule has 4 N–H and O–H groups in total. The summed E-state index contributed by atoms with van der Waals surface area (Å²) >= 11 is 0. The summed E-state index contributed by atoms with van der Waals surface area (Å²) in [6.45, 7) is 7.59. The Kier molecular flexibility index (Phi) is 12.7. The van der Waals surface area contributed by atoms with E-state index in [0.29, 0.717) is 0 Å². The molecule has 0 saturated heterocycles. The predicted octanol–water partition coefficient (Wildman–Crippen LogP) is 0.455. The van der Waals surface area contributed by atoms with Crippen LogP contribution in [-0.4, -0.2) is 84.4 Å². The highest BCUT2D eigenvalue weighted by molar-refractivity contribution is 5.90. The van der Waals surface area contributed by atoms with Crippen molar-refractivity contribution in [2.24, 2.45) is 0 Å². The maximum absolute atomic E-state index is 12.4. The molecule has 0 saturated carbocycles. The van der Waals surface area contributed by atoms with E-state index in [-0.39, 0.29) is 19.7 Å². The smallest absolute Gasteiger partial charge is 0.410 e. The van der Waals surface area contributed by atoms with Gasteiger partial charge < -0.3 is 30.5 Å². The number of hydrogen-bond acceptors (Lipinski definition) is 7. The molecule has 0 aliphatic heterocycles. The number of hydrogen-bond donors (Lipinski definition) is 4. The number of amides is 4. The molecule has 0 aliphatic rings. The first kappa shape index (κ1) is 27.9. The van der Waals surface area contributed by atoms with Crippen molar-refractivity contribution in [3.8, 4) is 0 Å². The van der Waals surface area contributed by atoms with Gasteiger partial charge in [-0.2, -0.15) is 0 Å². The number of alkyl carbamates (subject to hydrolysis) is 1. The Bertz CT molecular complexity index is 633. The number of unbranched alkanes of at least 4 members (excludes halogenated alkanes) is 1. The third-order valence-electron chi connectivity index (χ3n) is 3.55. The van der Waals surface area contributed by atoms with Gasteiger partial charge in [0.1, 0.15) is 24.7 Å². The Morgan fingerprint density at radius 3 is 2.29 bits per heavy atom. The molecule has 0 heterocycles. The van der Waals surface area contributed by atoms with Gasteiger partial charge in [0, 0.05) is 13.1 Å². The van der Waals surface area contributed by atoms with Gasteiger partial charge in [0.25, 0.3) is 0 Å². The maximum Gasteiger partial charge on any atom is 0.410 e. The molecule has 0 radical (unpaired) electrons. The molecule has 1 atom stereocenters. The van der Waals surface area contributed by atoms with E-state index in [0.717, 1.165) is 17.7 Å². The van der Waals surface area contributed by atoms with Gasteiger partial charge in [-0.3, -0.25) is 19.3 Å². The molecule has 0 bridgehead atoms. The predicted molar refractivity (Wildman–Crippen MR) is 110 cm³/mol. The minimum Gasteiger partial charge on any atom is -0.480 e. The van der Waals surface area contributed by atoms with E-state index in [9.17, 15) is 24.0 Å². The van der Waals surface area contributed by atoms with Crippen LogP contribution in [0, 0.1) is 0 Å². The number of ether oxygens (including phenoxy) is 2. The van der Waals surface area contributed by atoms with Gasteiger partial charge >= 0.3 is 18.2 Å². The lowest BCUT2D eigenvalue weighted by Gasteiger charge is -2.27. The normalized spacial score (nSPS) is 11.6. The Morgan fingerprint density at radius 1 is 1.10 bits per heavy atom. The number of nitrogens with one attached hydrogen (secondary N) is 3. The average molecular weight is 447 g/mol. The van der Waals surface area contributed by atoms with E-state index in [1.165, 1.54) is 6.92 Å². The largest absolute Gasteiger partial charge is 0.480 e. The minimum atomic E-state index is -1.22. The molecule has 12 heteroatoms. The lowest BCUT2D eigenvalue weighted by atomic mass is 10.2. The van der Waals surface area contributed by atoms with E-state index in [4.69, 9.17) is 14.6 Å². The van der Waals surface area contributed by atoms with Crippen molar-refractivity contribution in [3.05, 3.63) is 0 Å². The average Bonchev–Trinajstić information content (AvgIpc) is 2.63. The van der Waals surface area contributed by atoms with Crippen LogP contribution in [0.25, 0.3) is 0 Å². The molecule has 0 aliphatic carbocycles. The van der Waals surface area contributed by atoms with E-state index in [2.05, 4.69) is 16.0 Å². The van der Waals surface area contributed by atoms with Crippen molar-refractivity contribution in [3.63, 3.8) is 0 Å². The maximum atomic E-state index is 12.4. The molecule has 0 aromatic heterocycles. The van der Waals surface area contributed by atoms with Gasteiger partial charge in [-0.05, 0) is 34.1 Å². The van der Waals surface area contributed by atoms with Crippen LogP contribution in [0.5, 0.6) is 0 Å². The number of rotatable bonds is 12. The molecule has 31 heavy (non-hydrogen) atoms. The Hall–Kier alpha value is -3.05. The molecule has 0 aromatic carbocycles. The molecular weight excluding hydrogens is 412 g/mol. The van der Waals surface area contributed by atoms with Crippen molar-refractivity contribution in [2.75, 3.05) is 32.8 Å². The molecule has 178 valence electrons. The monoisotopic (exact) mass is 446 g/mol. The van der Waals surface area contributed by atoms with Crippen molar-refractivity contribution in [1.29, 1.82) is 0 Å². The first-order chi connectivity index (χ1) is 14.4. The third kappa shape index (κ3) is 14.6. The molecule has 12 nitrogen and oxygen atoms in total. The second-order valence-electron chi connectivity index (χ2n) is 7.72. The molecule has 0 aromatic rings. The standard InChI is InChI=1S/C19H34N4O8/c1-6-7-10-30-17(28)20-8-9-23(18(29)31-19(3,4)5)12-14(24)22-13(2)16(27)21-11-15(25)26/h13H,6-12H2,1-5H3,(H,20,28)(H,21,27)(H,22,24)(H,25,26)/t13-/m0/s1. The lowest BCUT2D eigenvalue weighted by molar-refractivity contribution is -0.138. The summed E-state index contributed by atoms with van der Waals surface area (Å²) in [5.74, 6) is -2.56. The first-order valence-electron chi connectivity index (χ1n) is 10.0. The topological polar surface area (TPSA) is 163 Å². The van der Waals surface area contributed by atoms with Gasteiger partial charge in [0.15, 0.2) is 0 Å². The summed E-state index contributed by atoms with van der Waals surface area (Å²) < 4.78 is 10.2. The number of carboxylic acid groups (broad SMARTS) is 1. The number of aliphatic carboxylic acids is 1. The third-order valence-corrected chi connectivity index (χ3v) is 3.55. The number of carbonyl (C=O) groups is 5. The first-order valence-corrected chi connectivity index (χ1v) is 10.0. The van der Waals surface area contributed by atoms with Crippen LogP contribution in [0.3, 0.4) is 0 Å². The fourth-order valence-corrected chi connectivity index (χ4v) is 2.06. The second kappa shape index (κ2) is 14.0. The van der Waals surface area contributed by atoms with Gasteiger partial charge in [0.05, 0.1) is 6.61 Å². The highest BCUT2D eigenvalue weighted by atomic mass is 16.6. The van der Waals surface area contributed by atoms with E-state index in [1.807, 2.05) is 6.92 Å². The second-order valence-corrected chi connectivity index (χ2v) is 7.72. The van der Waals surface area contributed by atoms with E-state index >= 15 is 0 Å². The summed E-state index contributed by atoms with van der Waals surface area (Å²) in [6.07, 6.45) is 0.203. The van der Waals surface area contributed by atoms with Crippen molar-refractivity contribution in [2.45, 2.75) is 59.1 Å². The van der Waals surface area contributed by atoms with E-state index in [1.54, 1.807) is 20.8 Å². The van der Waals surface area contributed by atoms with Crippen molar-refractivity contribution < 1.29 is 38.6 Å². The summed E-state index contributed by atoms with van der Waals surface area (Å²) in [4.78, 5) is 59.7. The molecule has 0 fully saturated rings. The van der Waals surface area contributed by atoms with Crippen LogP contribution in [0.1, 0.15) is 47.5 Å². The van der Waals surface area contributed by atoms with Crippen LogP contribution in [0.2, 0.25) is 0 Å². The lowest BCUT2D eigenvalue weighted by Crippen LogP contribution is -2.51. The molecular formula is C19H34N4O8. The summed E-state index contributed by atoms with van der Waals surface area (Å²) in [6, 6.07) is -1.01. The quantitative estimate of drug-likeness (QED) is 0.314. The zero-order chi connectivity index (χ0) is 24.0.